The van der Waals surface area contributed by atoms with Gasteiger partial charge < -0.3 is 34.3 Å². The Bertz CT molecular complexity index is 1450. The second-order valence-corrected chi connectivity index (χ2v) is 9.46. The second kappa shape index (κ2) is 12.6. The fourth-order valence-corrected chi connectivity index (χ4v) is 5.23. The Hall–Kier alpha value is -4.40. The third-order valence-electron chi connectivity index (χ3n) is 7.09. The van der Waals surface area contributed by atoms with Crippen molar-refractivity contribution in [3.8, 4) is 39.9 Å². The minimum absolute atomic E-state index is 0.170. The molecular weight excluding hydrogens is 512 g/mol. The Morgan fingerprint density at radius 3 is 2.23 bits per heavy atom. The van der Waals surface area contributed by atoms with E-state index in [2.05, 4.69) is 10.6 Å². The summed E-state index contributed by atoms with van der Waals surface area (Å²) in [5.74, 6) is 2.69. The Morgan fingerprint density at radius 1 is 0.850 bits per heavy atom. The van der Waals surface area contributed by atoms with Gasteiger partial charge in [0, 0.05) is 19.0 Å². The summed E-state index contributed by atoms with van der Waals surface area (Å²) in [6.07, 6.45) is 1.91. The molecule has 3 aromatic rings. The van der Waals surface area contributed by atoms with Crippen molar-refractivity contribution in [3.05, 3.63) is 69.4 Å². The van der Waals surface area contributed by atoms with E-state index < -0.39 is 0 Å². The lowest BCUT2D eigenvalue weighted by Crippen LogP contribution is -2.26. The molecule has 4 rings (SSSR count). The summed E-state index contributed by atoms with van der Waals surface area (Å²) in [6.45, 7) is 2.01. The van der Waals surface area contributed by atoms with Crippen LogP contribution in [-0.2, 0) is 17.6 Å². The van der Waals surface area contributed by atoms with Crippen LogP contribution in [0.25, 0.3) is 11.1 Å². The predicted octanol–water partition coefficient (Wildman–Crippen LogP) is 4.53. The summed E-state index contributed by atoms with van der Waals surface area (Å²) in [7, 11) is 7.92. The first-order valence-electron chi connectivity index (χ1n) is 13.1. The van der Waals surface area contributed by atoms with Crippen molar-refractivity contribution in [3.63, 3.8) is 0 Å². The molecule has 1 aliphatic carbocycles. The van der Waals surface area contributed by atoms with Gasteiger partial charge in [0.25, 0.3) is 0 Å². The molecule has 0 radical (unpaired) electrons. The molecule has 0 fully saturated rings. The zero-order valence-corrected chi connectivity index (χ0v) is 23.8. The molecule has 1 amide bonds. The van der Waals surface area contributed by atoms with Crippen LogP contribution in [0.5, 0.6) is 28.7 Å². The molecule has 40 heavy (non-hydrogen) atoms. The van der Waals surface area contributed by atoms with Crippen molar-refractivity contribution >= 4 is 11.6 Å². The van der Waals surface area contributed by atoms with Crippen LogP contribution < -0.4 is 39.7 Å². The first kappa shape index (κ1) is 28.6. The van der Waals surface area contributed by atoms with Crippen LogP contribution in [0.2, 0.25) is 0 Å². The van der Waals surface area contributed by atoms with E-state index in [1.165, 1.54) is 6.92 Å². The summed E-state index contributed by atoms with van der Waals surface area (Å²) in [5.41, 5.74) is 4.62. The monoisotopic (exact) mass is 548 g/mol. The molecule has 1 aliphatic rings. The molecule has 0 unspecified atom stereocenters. The van der Waals surface area contributed by atoms with Crippen molar-refractivity contribution < 1.29 is 28.5 Å². The summed E-state index contributed by atoms with van der Waals surface area (Å²) in [4.78, 5) is 25.6. The predicted molar refractivity (Wildman–Crippen MR) is 154 cm³/mol. The van der Waals surface area contributed by atoms with Crippen LogP contribution in [-0.4, -0.2) is 48.0 Å². The van der Waals surface area contributed by atoms with Gasteiger partial charge in [-0.1, -0.05) is 12.1 Å². The van der Waals surface area contributed by atoms with Gasteiger partial charge in [0.1, 0.15) is 0 Å². The largest absolute Gasteiger partial charge is 0.493 e. The fraction of sp³-hybridized carbons (Fsp3) is 0.355. The van der Waals surface area contributed by atoms with Crippen LogP contribution in [0.15, 0.2) is 47.3 Å². The number of amides is 1. The zero-order valence-electron chi connectivity index (χ0n) is 23.8. The number of carbonyl (C=O) groups is 1. The van der Waals surface area contributed by atoms with Gasteiger partial charge in [0.2, 0.25) is 17.1 Å². The molecule has 0 saturated carbocycles. The molecule has 0 heterocycles. The lowest BCUT2D eigenvalue weighted by molar-refractivity contribution is -0.119. The maximum Gasteiger partial charge on any atom is 0.217 e. The number of rotatable bonds is 10. The summed E-state index contributed by atoms with van der Waals surface area (Å²) < 4.78 is 27.8. The minimum atomic E-state index is -0.360. The molecule has 0 bridgehead atoms. The topological polar surface area (TPSA) is 104 Å². The molecule has 0 aromatic heterocycles. The third kappa shape index (κ3) is 5.78. The highest BCUT2D eigenvalue weighted by Crippen LogP contribution is 2.50. The van der Waals surface area contributed by atoms with E-state index >= 15 is 0 Å². The van der Waals surface area contributed by atoms with Gasteiger partial charge in [0.15, 0.2) is 23.0 Å². The van der Waals surface area contributed by atoms with Crippen LogP contribution in [0, 0.1) is 0 Å². The second-order valence-electron chi connectivity index (χ2n) is 9.46. The summed E-state index contributed by atoms with van der Waals surface area (Å²) >= 11 is 0. The number of ether oxygens (including phenoxy) is 5. The molecule has 0 spiro atoms. The van der Waals surface area contributed by atoms with Gasteiger partial charge in [-0.25, -0.2) is 0 Å². The molecule has 9 heteroatoms. The minimum Gasteiger partial charge on any atom is -0.493 e. The zero-order chi connectivity index (χ0) is 28.8. The lowest BCUT2D eigenvalue weighted by atomic mass is 9.95. The first-order valence-corrected chi connectivity index (χ1v) is 13.1. The maximum atomic E-state index is 13.5. The number of anilines is 1. The summed E-state index contributed by atoms with van der Waals surface area (Å²) in [5, 5.41) is 6.32. The van der Waals surface area contributed by atoms with Gasteiger partial charge in [-0.05, 0) is 71.8 Å². The van der Waals surface area contributed by atoms with E-state index in [1.807, 2.05) is 30.3 Å². The maximum absolute atomic E-state index is 13.5. The van der Waals surface area contributed by atoms with Crippen molar-refractivity contribution in [2.45, 2.75) is 32.2 Å². The normalized spacial score (nSPS) is 13.7. The molecule has 3 aromatic carbocycles. The van der Waals surface area contributed by atoms with E-state index in [4.69, 9.17) is 23.7 Å². The van der Waals surface area contributed by atoms with Gasteiger partial charge in [-0.3, -0.25) is 9.59 Å². The molecule has 2 N–H and O–H groups in total. The van der Waals surface area contributed by atoms with Crippen molar-refractivity contribution in [2.75, 3.05) is 47.4 Å². The highest BCUT2D eigenvalue weighted by molar-refractivity contribution is 5.83. The van der Waals surface area contributed by atoms with Gasteiger partial charge in [0.05, 0.1) is 47.3 Å². The number of benzene rings is 2. The number of nitrogens with one attached hydrogen (secondary N) is 2. The Kier molecular flexibility index (Phi) is 9.04. The van der Waals surface area contributed by atoms with Crippen LogP contribution >= 0.6 is 0 Å². The molecule has 9 nitrogen and oxygen atoms in total. The first-order chi connectivity index (χ1) is 19.3. The van der Waals surface area contributed by atoms with Crippen LogP contribution in [0.3, 0.4) is 0 Å². The van der Waals surface area contributed by atoms with E-state index in [1.54, 1.807) is 47.7 Å². The van der Waals surface area contributed by atoms with Crippen molar-refractivity contribution in [1.29, 1.82) is 0 Å². The van der Waals surface area contributed by atoms with Crippen LogP contribution in [0.1, 0.15) is 36.1 Å². The number of fused-ring (bicyclic) bond motifs is 3. The molecule has 0 aliphatic heterocycles. The number of carbonyl (C=O) groups excluding carboxylic acids is 1. The highest BCUT2D eigenvalue weighted by Gasteiger charge is 2.29. The third-order valence-corrected chi connectivity index (χ3v) is 7.09. The summed E-state index contributed by atoms with van der Waals surface area (Å²) in [6, 6.07) is 12.6. The fourth-order valence-electron chi connectivity index (χ4n) is 5.23. The van der Waals surface area contributed by atoms with Gasteiger partial charge >= 0.3 is 0 Å². The van der Waals surface area contributed by atoms with Crippen LogP contribution in [0.4, 0.5) is 5.69 Å². The smallest absolute Gasteiger partial charge is 0.217 e. The molecule has 212 valence electrons. The standard InChI is InChI=1S/C31H36N2O7/c1-18(34)33-23-10-8-20-16-28(38-4)30(39-5)31(40-6)29(20)21-9-11-24(25(35)17-22(21)23)32-14-13-19-7-12-26(36-2)27(15-19)37-3/h7,9,11-12,15-17,23H,8,10,13-14H2,1-6H3,(H,32,35)(H,33,34)/t23-/m1/s1. The molecule has 1 atom stereocenters. The Labute approximate surface area is 234 Å². The quantitative estimate of drug-likeness (QED) is 0.381. The van der Waals surface area contributed by atoms with Crippen molar-refractivity contribution in [2.24, 2.45) is 0 Å². The number of hydrogen-bond donors (Lipinski definition) is 2. The molecular formula is C31H36N2O7. The van der Waals surface area contributed by atoms with Crippen molar-refractivity contribution in [1.82, 2.24) is 5.32 Å². The van der Waals surface area contributed by atoms with E-state index in [0.29, 0.717) is 60.2 Å². The Balaban J connectivity index is 1.76. The molecule has 0 saturated heterocycles. The number of aryl methyl sites for hydroxylation is 1. The number of methoxy groups -OCH3 is 5. The van der Waals surface area contributed by atoms with Gasteiger partial charge in [-0.15, -0.1) is 0 Å². The Morgan fingerprint density at radius 2 is 1.57 bits per heavy atom. The van der Waals surface area contributed by atoms with Gasteiger partial charge in [-0.2, -0.15) is 0 Å². The highest BCUT2D eigenvalue weighted by atomic mass is 16.5. The van der Waals surface area contributed by atoms with E-state index in [0.717, 1.165) is 27.8 Å². The lowest BCUT2D eigenvalue weighted by Gasteiger charge is -2.19. The number of hydrogen-bond acceptors (Lipinski definition) is 8. The SMILES string of the molecule is COc1ccc(CCNc2ccc3c(cc2=O)[C@H](NC(C)=O)CCc2cc(OC)c(OC)c(OC)c2-3)cc1OC. The average molecular weight is 549 g/mol. The van der Waals surface area contributed by atoms with E-state index in [9.17, 15) is 9.59 Å². The average Bonchev–Trinajstić information content (AvgIpc) is 3.20. The van der Waals surface area contributed by atoms with E-state index in [-0.39, 0.29) is 17.4 Å².